The minimum Gasteiger partial charge on any atom is -0.346 e. The van der Waals surface area contributed by atoms with Gasteiger partial charge in [0.15, 0.2) is 5.82 Å². The molecule has 0 atom stereocenters. The Morgan fingerprint density at radius 2 is 1.94 bits per heavy atom. The molecule has 2 aromatic rings. The van der Waals surface area contributed by atoms with E-state index < -0.39 is 6.29 Å². The lowest BCUT2D eigenvalue weighted by Crippen LogP contribution is -2.13. The standard InChI is InChI=1S/C13H17BrN2O2/c1-4-17-13(18-5-2)12-15-10-8-9(14)6-7-11(10)16(12)3/h6-8,13H,4-5H2,1-3H3. The van der Waals surface area contributed by atoms with Crippen molar-refractivity contribution < 1.29 is 9.47 Å². The summed E-state index contributed by atoms with van der Waals surface area (Å²) in [6.45, 7) is 5.09. The summed E-state index contributed by atoms with van der Waals surface area (Å²) in [5, 5.41) is 0. The first-order chi connectivity index (χ1) is 8.67. The maximum atomic E-state index is 5.59. The molecule has 0 N–H and O–H groups in total. The van der Waals surface area contributed by atoms with Crippen LogP contribution in [-0.2, 0) is 16.5 Å². The van der Waals surface area contributed by atoms with Gasteiger partial charge in [-0.25, -0.2) is 4.98 Å². The van der Waals surface area contributed by atoms with Gasteiger partial charge in [0.1, 0.15) is 0 Å². The van der Waals surface area contributed by atoms with Crippen LogP contribution in [0.1, 0.15) is 26.0 Å². The van der Waals surface area contributed by atoms with Gasteiger partial charge in [-0.1, -0.05) is 15.9 Å². The Balaban J connectivity index is 2.45. The molecule has 18 heavy (non-hydrogen) atoms. The predicted molar refractivity (Wildman–Crippen MR) is 74.4 cm³/mol. The molecule has 0 fully saturated rings. The molecule has 0 amide bonds. The fourth-order valence-electron chi connectivity index (χ4n) is 1.90. The maximum absolute atomic E-state index is 5.59. The van der Waals surface area contributed by atoms with Gasteiger partial charge in [-0.2, -0.15) is 0 Å². The van der Waals surface area contributed by atoms with E-state index in [0.29, 0.717) is 13.2 Å². The third-order valence-corrected chi connectivity index (χ3v) is 3.22. The molecule has 0 spiro atoms. The number of hydrogen-bond donors (Lipinski definition) is 0. The van der Waals surface area contributed by atoms with Crippen molar-refractivity contribution in [1.82, 2.24) is 9.55 Å². The maximum Gasteiger partial charge on any atom is 0.217 e. The van der Waals surface area contributed by atoms with Crippen molar-refractivity contribution in [2.45, 2.75) is 20.1 Å². The molecule has 5 heteroatoms. The molecule has 0 bridgehead atoms. The average Bonchev–Trinajstić information content (AvgIpc) is 2.66. The molecule has 0 radical (unpaired) electrons. The predicted octanol–water partition coefficient (Wildman–Crippen LogP) is 3.41. The highest BCUT2D eigenvalue weighted by molar-refractivity contribution is 9.10. The first kappa shape index (κ1) is 13.5. The number of rotatable bonds is 5. The summed E-state index contributed by atoms with van der Waals surface area (Å²) in [6, 6.07) is 6.03. The normalized spacial score (nSPS) is 11.6. The molecule has 0 saturated heterocycles. The van der Waals surface area contributed by atoms with Gasteiger partial charge in [-0.3, -0.25) is 0 Å². The van der Waals surface area contributed by atoms with E-state index >= 15 is 0 Å². The van der Waals surface area contributed by atoms with Crippen molar-refractivity contribution in [1.29, 1.82) is 0 Å². The van der Waals surface area contributed by atoms with Gasteiger partial charge in [-0.05, 0) is 32.0 Å². The summed E-state index contributed by atoms with van der Waals surface area (Å²) >= 11 is 3.45. The number of ether oxygens (including phenoxy) is 2. The second kappa shape index (κ2) is 5.82. The number of imidazole rings is 1. The molecular formula is C13H17BrN2O2. The summed E-state index contributed by atoms with van der Waals surface area (Å²) in [4.78, 5) is 4.59. The fraction of sp³-hybridized carbons (Fsp3) is 0.462. The van der Waals surface area contributed by atoms with E-state index in [1.54, 1.807) is 0 Å². The van der Waals surface area contributed by atoms with Crippen LogP contribution in [0.15, 0.2) is 22.7 Å². The molecule has 0 saturated carbocycles. The van der Waals surface area contributed by atoms with Gasteiger partial charge < -0.3 is 14.0 Å². The average molecular weight is 313 g/mol. The Bertz CT molecular complexity index is 533. The highest BCUT2D eigenvalue weighted by Crippen LogP contribution is 2.25. The van der Waals surface area contributed by atoms with E-state index in [1.807, 2.05) is 43.7 Å². The number of benzene rings is 1. The molecule has 4 nitrogen and oxygen atoms in total. The quantitative estimate of drug-likeness (QED) is 0.794. The second-order valence-corrected chi connectivity index (χ2v) is 4.82. The molecule has 1 heterocycles. The Hall–Kier alpha value is -0.910. The number of hydrogen-bond acceptors (Lipinski definition) is 3. The van der Waals surface area contributed by atoms with Crippen LogP contribution in [-0.4, -0.2) is 22.8 Å². The summed E-state index contributed by atoms with van der Waals surface area (Å²) in [7, 11) is 1.98. The van der Waals surface area contributed by atoms with Gasteiger partial charge in [0, 0.05) is 24.7 Å². The zero-order valence-corrected chi connectivity index (χ0v) is 12.4. The Labute approximate surface area is 115 Å². The zero-order chi connectivity index (χ0) is 13.1. The largest absolute Gasteiger partial charge is 0.346 e. The molecular weight excluding hydrogens is 296 g/mol. The highest BCUT2D eigenvalue weighted by Gasteiger charge is 2.19. The minimum atomic E-state index is -0.406. The van der Waals surface area contributed by atoms with Gasteiger partial charge in [0.05, 0.1) is 11.0 Å². The lowest BCUT2D eigenvalue weighted by molar-refractivity contribution is -0.146. The minimum absolute atomic E-state index is 0.406. The van der Waals surface area contributed by atoms with Crippen LogP contribution in [0.4, 0.5) is 0 Å². The summed E-state index contributed by atoms with van der Waals surface area (Å²) in [6.07, 6.45) is -0.406. The van der Waals surface area contributed by atoms with Crippen LogP contribution >= 0.6 is 15.9 Å². The molecule has 0 aliphatic carbocycles. The Morgan fingerprint density at radius 1 is 1.28 bits per heavy atom. The van der Waals surface area contributed by atoms with Crippen LogP contribution < -0.4 is 0 Å². The topological polar surface area (TPSA) is 36.3 Å². The third-order valence-electron chi connectivity index (χ3n) is 2.72. The number of nitrogens with zero attached hydrogens (tertiary/aromatic N) is 2. The number of fused-ring (bicyclic) bond motifs is 1. The highest BCUT2D eigenvalue weighted by atomic mass is 79.9. The summed E-state index contributed by atoms with van der Waals surface area (Å²) in [5.41, 5.74) is 2.00. The van der Waals surface area contributed by atoms with E-state index in [1.165, 1.54) is 0 Å². The van der Waals surface area contributed by atoms with Crippen LogP contribution in [0.3, 0.4) is 0 Å². The number of halogens is 1. The fourth-order valence-corrected chi connectivity index (χ4v) is 2.25. The van der Waals surface area contributed by atoms with E-state index in [9.17, 15) is 0 Å². The lowest BCUT2D eigenvalue weighted by atomic mass is 10.3. The van der Waals surface area contributed by atoms with Crippen LogP contribution in [0, 0.1) is 0 Å². The molecule has 1 aromatic carbocycles. The first-order valence-electron chi connectivity index (χ1n) is 6.02. The first-order valence-corrected chi connectivity index (χ1v) is 6.81. The van der Waals surface area contributed by atoms with Gasteiger partial charge in [-0.15, -0.1) is 0 Å². The van der Waals surface area contributed by atoms with Gasteiger partial charge in [0.2, 0.25) is 6.29 Å². The van der Waals surface area contributed by atoms with Crippen LogP contribution in [0.2, 0.25) is 0 Å². The SMILES string of the molecule is CCOC(OCC)c1nc2cc(Br)ccc2n1C. The third kappa shape index (κ3) is 2.58. The Morgan fingerprint density at radius 3 is 2.56 bits per heavy atom. The summed E-state index contributed by atoms with van der Waals surface area (Å²) in [5.74, 6) is 0.798. The smallest absolute Gasteiger partial charge is 0.217 e. The lowest BCUT2D eigenvalue weighted by Gasteiger charge is -2.16. The van der Waals surface area contributed by atoms with Crippen LogP contribution in [0.25, 0.3) is 11.0 Å². The van der Waals surface area contributed by atoms with E-state index in [4.69, 9.17) is 9.47 Å². The molecule has 0 unspecified atom stereocenters. The van der Waals surface area contributed by atoms with E-state index in [2.05, 4.69) is 20.9 Å². The zero-order valence-electron chi connectivity index (χ0n) is 10.8. The van der Waals surface area contributed by atoms with Crippen molar-refractivity contribution in [3.05, 3.63) is 28.5 Å². The van der Waals surface area contributed by atoms with Crippen molar-refractivity contribution in [3.8, 4) is 0 Å². The van der Waals surface area contributed by atoms with Gasteiger partial charge >= 0.3 is 0 Å². The van der Waals surface area contributed by atoms with Gasteiger partial charge in [0.25, 0.3) is 0 Å². The summed E-state index contributed by atoms with van der Waals surface area (Å²) < 4.78 is 14.2. The van der Waals surface area contributed by atoms with E-state index in [-0.39, 0.29) is 0 Å². The molecule has 98 valence electrons. The van der Waals surface area contributed by atoms with Crippen LogP contribution in [0.5, 0.6) is 0 Å². The Kier molecular flexibility index (Phi) is 4.37. The van der Waals surface area contributed by atoms with E-state index in [0.717, 1.165) is 21.3 Å². The number of aromatic nitrogens is 2. The molecule has 0 aliphatic heterocycles. The van der Waals surface area contributed by atoms with Crippen molar-refractivity contribution in [3.63, 3.8) is 0 Å². The molecule has 2 rings (SSSR count). The van der Waals surface area contributed by atoms with Crippen molar-refractivity contribution in [2.75, 3.05) is 13.2 Å². The van der Waals surface area contributed by atoms with Crippen molar-refractivity contribution in [2.24, 2.45) is 7.05 Å². The molecule has 0 aliphatic rings. The van der Waals surface area contributed by atoms with Crippen molar-refractivity contribution >= 4 is 27.0 Å². The number of aryl methyl sites for hydroxylation is 1. The monoisotopic (exact) mass is 312 g/mol. The molecule has 1 aromatic heterocycles. The second-order valence-electron chi connectivity index (χ2n) is 3.90.